The summed E-state index contributed by atoms with van der Waals surface area (Å²) in [6.07, 6.45) is 2.19. The molecule has 0 unspecified atom stereocenters. The number of benzene rings is 1. The quantitative estimate of drug-likeness (QED) is 0.904. The molecule has 2 N–H and O–H groups in total. The van der Waals surface area contributed by atoms with Crippen molar-refractivity contribution in [1.82, 2.24) is 4.90 Å². The minimum absolute atomic E-state index is 0.0738. The van der Waals surface area contributed by atoms with Gasteiger partial charge in [0.05, 0.1) is 18.8 Å². The number of likely N-dealkylation sites (tertiary alicyclic amines) is 1. The molecule has 0 saturated carbocycles. The molecule has 1 aromatic rings. The number of carbonyl (C=O) groups is 1. The van der Waals surface area contributed by atoms with E-state index in [9.17, 15) is 4.79 Å². The van der Waals surface area contributed by atoms with Crippen LogP contribution in [-0.4, -0.2) is 41.6 Å². The van der Waals surface area contributed by atoms with Gasteiger partial charge in [-0.1, -0.05) is 18.2 Å². The van der Waals surface area contributed by atoms with Gasteiger partial charge in [0.2, 0.25) is 5.91 Å². The first-order valence-electron chi connectivity index (χ1n) is 8.41. The maximum Gasteiger partial charge on any atom is 0.231 e. The van der Waals surface area contributed by atoms with Crippen LogP contribution in [0.1, 0.15) is 38.4 Å². The van der Waals surface area contributed by atoms with Gasteiger partial charge in [-0.25, -0.2) is 0 Å². The summed E-state index contributed by atoms with van der Waals surface area (Å²) >= 11 is 0. The van der Waals surface area contributed by atoms with Crippen molar-refractivity contribution in [3.63, 3.8) is 0 Å². The molecule has 0 bridgehead atoms. The van der Waals surface area contributed by atoms with Crippen LogP contribution in [0, 0.1) is 5.92 Å². The number of rotatable bonds is 2. The Hall–Kier alpha value is -1.59. The molecule has 5 heteroatoms. The van der Waals surface area contributed by atoms with Crippen LogP contribution in [0.15, 0.2) is 24.3 Å². The molecule has 2 fully saturated rings. The lowest BCUT2D eigenvalue weighted by molar-refractivity contribution is -0.162. The van der Waals surface area contributed by atoms with Crippen LogP contribution < -0.4 is 10.5 Å². The summed E-state index contributed by atoms with van der Waals surface area (Å²) in [6, 6.07) is 8.44. The monoisotopic (exact) mass is 316 g/mol. The highest BCUT2D eigenvalue weighted by molar-refractivity contribution is 5.76. The first-order valence-corrected chi connectivity index (χ1v) is 8.41. The molecule has 0 aliphatic carbocycles. The van der Waals surface area contributed by atoms with Gasteiger partial charge in [0, 0.05) is 24.1 Å². The van der Waals surface area contributed by atoms with Gasteiger partial charge >= 0.3 is 0 Å². The third kappa shape index (κ3) is 2.42. The first-order chi connectivity index (χ1) is 11.0. The van der Waals surface area contributed by atoms with E-state index in [2.05, 4.69) is 24.8 Å². The van der Waals surface area contributed by atoms with Crippen molar-refractivity contribution < 1.29 is 14.3 Å². The zero-order chi connectivity index (χ0) is 16.2. The number of para-hydroxylation sites is 1. The van der Waals surface area contributed by atoms with Crippen molar-refractivity contribution in [2.45, 2.75) is 50.5 Å². The van der Waals surface area contributed by atoms with Crippen molar-refractivity contribution in [3.8, 4) is 5.75 Å². The van der Waals surface area contributed by atoms with Crippen molar-refractivity contribution in [2.75, 3.05) is 13.1 Å². The van der Waals surface area contributed by atoms with Crippen LogP contribution in [-0.2, 0) is 9.53 Å². The molecule has 3 aliphatic heterocycles. The molecular weight excluding hydrogens is 292 g/mol. The predicted molar refractivity (Wildman–Crippen MR) is 86.0 cm³/mol. The average Bonchev–Trinajstić information content (AvgIpc) is 2.87. The van der Waals surface area contributed by atoms with E-state index in [0.29, 0.717) is 6.54 Å². The molecule has 0 spiro atoms. The van der Waals surface area contributed by atoms with Crippen LogP contribution in [0.5, 0.6) is 5.75 Å². The second-order valence-electron chi connectivity index (χ2n) is 7.47. The SMILES string of the molecule is CC1(C)Oc2ccccc2[C@H]2O[C@H]3CCN(CC(N)=O)[C@@H]3C[C@@H]21. The van der Waals surface area contributed by atoms with Crippen LogP contribution in [0.25, 0.3) is 0 Å². The fourth-order valence-corrected chi connectivity index (χ4v) is 4.52. The summed E-state index contributed by atoms with van der Waals surface area (Å²) in [6.45, 7) is 5.47. The van der Waals surface area contributed by atoms with Crippen LogP contribution in [0.2, 0.25) is 0 Å². The Labute approximate surface area is 136 Å². The Morgan fingerprint density at radius 3 is 2.96 bits per heavy atom. The average molecular weight is 316 g/mol. The number of amides is 1. The van der Waals surface area contributed by atoms with E-state index in [1.807, 2.05) is 18.2 Å². The van der Waals surface area contributed by atoms with Gasteiger partial charge in [-0.05, 0) is 32.8 Å². The zero-order valence-electron chi connectivity index (χ0n) is 13.7. The first kappa shape index (κ1) is 15.0. The summed E-state index contributed by atoms with van der Waals surface area (Å²) in [7, 11) is 0. The largest absolute Gasteiger partial charge is 0.487 e. The summed E-state index contributed by atoms with van der Waals surface area (Å²) in [5.74, 6) is 0.939. The molecule has 0 aromatic heterocycles. The standard InChI is InChI=1S/C18H24N2O3/c1-18(2)12-9-13-15(7-8-20(13)10-16(19)21)22-17(12)11-5-3-4-6-14(11)23-18/h3-6,12-13,15,17H,7-10H2,1-2H3,(H2,19,21)/t12-,13+,15-,17+/m0/s1. The summed E-state index contributed by atoms with van der Waals surface area (Å²) in [5.41, 5.74) is 6.27. The molecule has 2 saturated heterocycles. The minimum Gasteiger partial charge on any atom is -0.487 e. The van der Waals surface area contributed by atoms with Crippen molar-refractivity contribution in [1.29, 1.82) is 0 Å². The summed E-state index contributed by atoms with van der Waals surface area (Å²) in [5, 5.41) is 0. The van der Waals surface area contributed by atoms with Gasteiger partial charge in [-0.2, -0.15) is 0 Å². The lowest BCUT2D eigenvalue weighted by Crippen LogP contribution is -2.54. The number of nitrogens with zero attached hydrogens (tertiary/aromatic N) is 1. The number of nitrogens with two attached hydrogens (primary N) is 1. The molecule has 4 rings (SSSR count). The van der Waals surface area contributed by atoms with Gasteiger partial charge in [-0.3, -0.25) is 9.69 Å². The summed E-state index contributed by atoms with van der Waals surface area (Å²) in [4.78, 5) is 13.5. The second kappa shape index (κ2) is 5.21. The van der Waals surface area contributed by atoms with Crippen LogP contribution >= 0.6 is 0 Å². The molecule has 23 heavy (non-hydrogen) atoms. The maximum absolute atomic E-state index is 11.3. The Balaban J connectivity index is 1.65. The highest BCUT2D eigenvalue weighted by atomic mass is 16.5. The molecule has 1 amide bonds. The minimum atomic E-state index is -0.287. The van der Waals surface area contributed by atoms with E-state index < -0.39 is 0 Å². The Morgan fingerprint density at radius 1 is 1.39 bits per heavy atom. The topological polar surface area (TPSA) is 64.8 Å². The number of hydrogen-bond donors (Lipinski definition) is 1. The van der Waals surface area contributed by atoms with Gasteiger partial charge < -0.3 is 15.2 Å². The molecule has 3 aliphatic rings. The fraction of sp³-hybridized carbons (Fsp3) is 0.611. The predicted octanol–water partition coefficient (Wildman–Crippen LogP) is 1.86. The van der Waals surface area contributed by atoms with Gasteiger partial charge in [0.15, 0.2) is 0 Å². The van der Waals surface area contributed by atoms with E-state index in [1.165, 1.54) is 0 Å². The molecular formula is C18H24N2O3. The highest BCUT2D eigenvalue weighted by Crippen LogP contribution is 2.52. The van der Waals surface area contributed by atoms with E-state index in [-0.39, 0.29) is 35.7 Å². The van der Waals surface area contributed by atoms with Crippen molar-refractivity contribution in [3.05, 3.63) is 29.8 Å². The summed E-state index contributed by atoms with van der Waals surface area (Å²) < 4.78 is 12.8. The number of fused-ring (bicyclic) bond motifs is 4. The Morgan fingerprint density at radius 2 is 2.17 bits per heavy atom. The smallest absolute Gasteiger partial charge is 0.231 e. The third-order valence-electron chi connectivity index (χ3n) is 5.63. The molecule has 3 heterocycles. The molecule has 124 valence electrons. The van der Waals surface area contributed by atoms with E-state index >= 15 is 0 Å². The number of primary amides is 1. The van der Waals surface area contributed by atoms with E-state index in [0.717, 1.165) is 30.7 Å². The maximum atomic E-state index is 11.3. The number of ether oxygens (including phenoxy) is 2. The van der Waals surface area contributed by atoms with Gasteiger partial charge in [0.25, 0.3) is 0 Å². The van der Waals surface area contributed by atoms with Gasteiger partial charge in [0.1, 0.15) is 11.4 Å². The lowest BCUT2D eigenvalue weighted by atomic mass is 9.74. The molecule has 1 aromatic carbocycles. The van der Waals surface area contributed by atoms with Crippen molar-refractivity contribution in [2.24, 2.45) is 11.7 Å². The highest BCUT2D eigenvalue weighted by Gasteiger charge is 2.52. The van der Waals surface area contributed by atoms with Crippen LogP contribution in [0.3, 0.4) is 0 Å². The zero-order valence-corrected chi connectivity index (χ0v) is 13.7. The molecule has 5 nitrogen and oxygen atoms in total. The van der Waals surface area contributed by atoms with E-state index in [4.69, 9.17) is 15.2 Å². The third-order valence-corrected chi connectivity index (χ3v) is 5.63. The lowest BCUT2D eigenvalue weighted by Gasteiger charge is -2.50. The van der Waals surface area contributed by atoms with Crippen LogP contribution in [0.4, 0.5) is 0 Å². The van der Waals surface area contributed by atoms with Gasteiger partial charge in [-0.15, -0.1) is 0 Å². The number of hydrogen-bond acceptors (Lipinski definition) is 4. The molecule has 0 radical (unpaired) electrons. The molecule has 4 atom stereocenters. The normalized spacial score (nSPS) is 34.9. The fourth-order valence-electron chi connectivity index (χ4n) is 4.52. The van der Waals surface area contributed by atoms with Crippen molar-refractivity contribution >= 4 is 5.91 Å². The second-order valence-corrected chi connectivity index (χ2v) is 7.47. The number of carbonyl (C=O) groups excluding carboxylic acids is 1. The van der Waals surface area contributed by atoms with E-state index in [1.54, 1.807) is 0 Å². The Bertz CT molecular complexity index is 630. The Kier molecular flexibility index (Phi) is 3.39.